The molecule has 0 bridgehead atoms. The molecule has 3 rings (SSSR count). The molecule has 0 atom stereocenters. The van der Waals surface area contributed by atoms with Crippen molar-refractivity contribution in [3.05, 3.63) is 17.0 Å². The van der Waals surface area contributed by atoms with Gasteiger partial charge in [-0.1, -0.05) is 0 Å². The van der Waals surface area contributed by atoms with E-state index in [1.807, 2.05) is 11.7 Å². The predicted octanol–water partition coefficient (Wildman–Crippen LogP) is 0.837. The fraction of sp³-hybridized carbons (Fsp3) is 0.727. The number of hydrogen-bond donors (Lipinski definition) is 1. The van der Waals surface area contributed by atoms with Gasteiger partial charge in [-0.05, 0) is 32.9 Å². The van der Waals surface area contributed by atoms with Gasteiger partial charge >= 0.3 is 0 Å². The van der Waals surface area contributed by atoms with Crippen LogP contribution in [-0.2, 0) is 24.0 Å². The van der Waals surface area contributed by atoms with Gasteiger partial charge in [0.25, 0.3) is 0 Å². The maximum Gasteiger partial charge on any atom is 0.113 e. The third-order valence-corrected chi connectivity index (χ3v) is 3.68. The summed E-state index contributed by atoms with van der Waals surface area (Å²) in [5.41, 5.74) is 3.72. The first-order chi connectivity index (χ1) is 7.23. The van der Waals surface area contributed by atoms with Gasteiger partial charge < -0.3 is 10.1 Å². The summed E-state index contributed by atoms with van der Waals surface area (Å²) in [7, 11) is 2.03. The molecule has 2 aliphatic heterocycles. The maximum atomic E-state index is 6.05. The van der Waals surface area contributed by atoms with Crippen LogP contribution < -0.4 is 5.32 Å². The van der Waals surface area contributed by atoms with Gasteiger partial charge in [-0.25, -0.2) is 0 Å². The quantitative estimate of drug-likeness (QED) is 0.685. The van der Waals surface area contributed by atoms with Crippen LogP contribution in [-0.4, -0.2) is 22.9 Å². The Morgan fingerprint density at radius 2 is 2.13 bits per heavy atom. The van der Waals surface area contributed by atoms with Gasteiger partial charge in [0.05, 0.1) is 18.0 Å². The van der Waals surface area contributed by atoms with E-state index in [0.717, 1.165) is 38.2 Å². The lowest BCUT2D eigenvalue weighted by Gasteiger charge is -2.33. The Hall–Kier alpha value is -0.870. The van der Waals surface area contributed by atoms with Crippen LogP contribution in [0.4, 0.5) is 0 Å². The molecule has 82 valence electrons. The van der Waals surface area contributed by atoms with Crippen LogP contribution in [0.3, 0.4) is 0 Å². The minimum atomic E-state index is -0.0450. The molecule has 0 aliphatic carbocycles. The molecule has 15 heavy (non-hydrogen) atoms. The smallest absolute Gasteiger partial charge is 0.113 e. The van der Waals surface area contributed by atoms with Crippen molar-refractivity contribution >= 4 is 0 Å². The van der Waals surface area contributed by atoms with Gasteiger partial charge in [-0.3, -0.25) is 4.68 Å². The number of fused-ring (bicyclic) bond motifs is 2. The number of hydrogen-bond acceptors (Lipinski definition) is 3. The Morgan fingerprint density at radius 1 is 1.40 bits per heavy atom. The Morgan fingerprint density at radius 3 is 2.87 bits per heavy atom. The molecule has 0 saturated carbocycles. The van der Waals surface area contributed by atoms with Crippen LogP contribution >= 0.6 is 0 Å². The summed E-state index contributed by atoms with van der Waals surface area (Å²) in [6, 6.07) is 0. The molecule has 1 aromatic heterocycles. The van der Waals surface area contributed by atoms with E-state index in [-0.39, 0.29) is 5.60 Å². The summed E-state index contributed by atoms with van der Waals surface area (Å²) in [6.07, 6.45) is 2.14. The van der Waals surface area contributed by atoms with E-state index in [4.69, 9.17) is 4.74 Å². The van der Waals surface area contributed by atoms with Crippen LogP contribution in [0.1, 0.15) is 29.8 Å². The number of ether oxygens (including phenoxy) is 1. The van der Waals surface area contributed by atoms with Gasteiger partial charge in [0.2, 0.25) is 0 Å². The highest BCUT2D eigenvalue weighted by Gasteiger charge is 2.44. The van der Waals surface area contributed by atoms with Crippen molar-refractivity contribution in [1.82, 2.24) is 15.1 Å². The van der Waals surface area contributed by atoms with Crippen LogP contribution in [0.25, 0.3) is 0 Å². The van der Waals surface area contributed by atoms with Crippen LogP contribution in [0.5, 0.6) is 0 Å². The Kier molecular flexibility index (Phi) is 1.91. The second kappa shape index (κ2) is 3.06. The first-order valence-corrected chi connectivity index (χ1v) is 5.60. The highest BCUT2D eigenvalue weighted by molar-refractivity contribution is 5.33. The van der Waals surface area contributed by atoms with Crippen molar-refractivity contribution in [3.8, 4) is 0 Å². The lowest BCUT2D eigenvalue weighted by atomic mass is 9.88. The second-order valence-electron chi connectivity index (χ2n) is 4.57. The second-order valence-corrected chi connectivity index (χ2v) is 4.57. The predicted molar refractivity (Wildman–Crippen MR) is 56.5 cm³/mol. The van der Waals surface area contributed by atoms with Gasteiger partial charge in [0.15, 0.2) is 0 Å². The van der Waals surface area contributed by atoms with Crippen LogP contribution in [0.2, 0.25) is 0 Å². The first kappa shape index (κ1) is 9.36. The Balaban J connectivity index is 2.09. The Bertz CT molecular complexity index is 391. The molecule has 0 radical (unpaired) electrons. The minimum absolute atomic E-state index is 0.0450. The number of nitrogens with one attached hydrogen (secondary N) is 1. The monoisotopic (exact) mass is 207 g/mol. The average Bonchev–Trinajstić information content (AvgIpc) is 2.71. The summed E-state index contributed by atoms with van der Waals surface area (Å²) < 4.78 is 8.07. The van der Waals surface area contributed by atoms with Crippen molar-refractivity contribution in [1.29, 1.82) is 0 Å². The van der Waals surface area contributed by atoms with E-state index in [9.17, 15) is 0 Å². The third kappa shape index (κ3) is 1.18. The minimum Gasteiger partial charge on any atom is -0.364 e. The fourth-order valence-electron chi connectivity index (χ4n) is 2.94. The highest BCUT2D eigenvalue weighted by Crippen LogP contribution is 2.43. The molecule has 0 aromatic carbocycles. The van der Waals surface area contributed by atoms with E-state index >= 15 is 0 Å². The Labute approximate surface area is 89.6 Å². The van der Waals surface area contributed by atoms with E-state index < -0.39 is 0 Å². The first-order valence-electron chi connectivity index (χ1n) is 5.60. The normalized spacial score (nSPS) is 23.3. The van der Waals surface area contributed by atoms with Crippen molar-refractivity contribution in [2.45, 2.75) is 32.0 Å². The lowest BCUT2D eigenvalue weighted by molar-refractivity contribution is -0.0642. The molecule has 1 aromatic rings. The molecule has 2 aliphatic rings. The lowest BCUT2D eigenvalue weighted by Crippen LogP contribution is -2.40. The van der Waals surface area contributed by atoms with Crippen molar-refractivity contribution in [3.63, 3.8) is 0 Å². The van der Waals surface area contributed by atoms with Crippen molar-refractivity contribution in [2.75, 3.05) is 13.1 Å². The molecule has 0 amide bonds. The van der Waals surface area contributed by atoms with Crippen LogP contribution in [0.15, 0.2) is 0 Å². The van der Waals surface area contributed by atoms with Gasteiger partial charge in [-0.15, -0.1) is 0 Å². The zero-order valence-electron chi connectivity index (χ0n) is 9.34. The molecule has 1 saturated heterocycles. The van der Waals surface area contributed by atoms with E-state index in [0.29, 0.717) is 0 Å². The molecule has 4 heteroatoms. The standard InChI is InChI=1S/C11H17N3O/c1-8-9-7-15-11(3-5-12-6-4-11)10(9)14(2)13-8/h12H,3-7H2,1-2H3. The summed E-state index contributed by atoms with van der Waals surface area (Å²) in [4.78, 5) is 0. The maximum absolute atomic E-state index is 6.05. The molecular formula is C11H17N3O. The van der Waals surface area contributed by atoms with Crippen molar-refractivity contribution in [2.24, 2.45) is 7.05 Å². The van der Waals surface area contributed by atoms with Gasteiger partial charge in [0, 0.05) is 12.6 Å². The van der Waals surface area contributed by atoms with Crippen molar-refractivity contribution < 1.29 is 4.74 Å². The number of aryl methyl sites for hydroxylation is 2. The summed E-state index contributed by atoms with van der Waals surface area (Å²) >= 11 is 0. The van der Waals surface area contributed by atoms with Gasteiger partial charge in [-0.2, -0.15) is 5.10 Å². The number of piperidine rings is 1. The molecule has 1 N–H and O–H groups in total. The number of nitrogens with zero attached hydrogens (tertiary/aromatic N) is 2. The van der Waals surface area contributed by atoms with Gasteiger partial charge in [0.1, 0.15) is 5.60 Å². The third-order valence-electron chi connectivity index (χ3n) is 3.68. The zero-order chi connectivity index (χ0) is 10.5. The average molecular weight is 207 g/mol. The molecule has 3 heterocycles. The summed E-state index contributed by atoms with van der Waals surface area (Å²) in [6.45, 7) is 4.91. The van der Waals surface area contributed by atoms with E-state index in [1.165, 1.54) is 11.3 Å². The molecule has 4 nitrogen and oxygen atoms in total. The molecule has 1 fully saturated rings. The van der Waals surface area contributed by atoms with E-state index in [1.54, 1.807) is 0 Å². The number of aromatic nitrogens is 2. The van der Waals surface area contributed by atoms with Crippen LogP contribution in [0, 0.1) is 6.92 Å². The van der Waals surface area contributed by atoms with E-state index in [2.05, 4.69) is 17.3 Å². The zero-order valence-corrected chi connectivity index (χ0v) is 9.34. The highest BCUT2D eigenvalue weighted by atomic mass is 16.5. The summed E-state index contributed by atoms with van der Waals surface area (Å²) in [5, 5.41) is 7.88. The SMILES string of the molecule is Cc1nn(C)c2c1COC21CCNCC1. The molecule has 1 spiro atoms. The number of rotatable bonds is 0. The molecule has 0 unspecified atom stereocenters. The molecular weight excluding hydrogens is 190 g/mol. The fourth-order valence-corrected chi connectivity index (χ4v) is 2.94. The summed E-state index contributed by atoms with van der Waals surface area (Å²) in [5.74, 6) is 0. The topological polar surface area (TPSA) is 39.1 Å². The largest absolute Gasteiger partial charge is 0.364 e.